The van der Waals surface area contributed by atoms with Crippen LogP contribution < -0.4 is 10.6 Å². The van der Waals surface area contributed by atoms with Crippen molar-refractivity contribution >= 4 is 22.4 Å². The fourth-order valence-electron chi connectivity index (χ4n) is 5.35. The summed E-state index contributed by atoms with van der Waals surface area (Å²) in [6, 6.07) is 4.10. The molecule has 0 saturated heterocycles. The van der Waals surface area contributed by atoms with E-state index in [9.17, 15) is 9.90 Å². The number of nitrogens with zero attached hydrogens (tertiary/aromatic N) is 2. The molecule has 4 saturated carbocycles. The van der Waals surface area contributed by atoms with E-state index < -0.39 is 5.60 Å². The summed E-state index contributed by atoms with van der Waals surface area (Å²) in [5.74, 6) is 1.34. The Morgan fingerprint density at radius 1 is 1.35 bits per heavy atom. The Balaban J connectivity index is 1.21. The van der Waals surface area contributed by atoms with Crippen LogP contribution in [0.3, 0.4) is 0 Å². The summed E-state index contributed by atoms with van der Waals surface area (Å²) in [7, 11) is 0. The number of hydrogen-bond acceptors (Lipinski definition) is 6. The van der Waals surface area contributed by atoms with Gasteiger partial charge in [-0.25, -0.2) is 4.98 Å². The molecule has 4 bridgehead atoms. The summed E-state index contributed by atoms with van der Waals surface area (Å²) in [6.07, 6.45) is 7.29. The van der Waals surface area contributed by atoms with Gasteiger partial charge in [0.05, 0.1) is 5.60 Å². The number of aliphatic hydroxyl groups is 1. The van der Waals surface area contributed by atoms with Crippen LogP contribution in [0.15, 0.2) is 29.9 Å². The van der Waals surface area contributed by atoms with E-state index in [0.717, 1.165) is 36.4 Å². The van der Waals surface area contributed by atoms with E-state index in [2.05, 4.69) is 20.6 Å². The van der Waals surface area contributed by atoms with E-state index >= 15 is 0 Å². The molecule has 1 amide bonds. The van der Waals surface area contributed by atoms with Gasteiger partial charge in [-0.2, -0.15) is 0 Å². The highest BCUT2D eigenvalue weighted by Gasteiger charge is 2.60. The van der Waals surface area contributed by atoms with Crippen LogP contribution in [0, 0.1) is 17.8 Å². The maximum Gasteiger partial charge on any atom is 0.271 e. The van der Waals surface area contributed by atoms with Crippen molar-refractivity contribution in [2.45, 2.75) is 43.9 Å². The normalized spacial score (nSPS) is 34.2. The number of carbonyl (C=O) groups is 1. The summed E-state index contributed by atoms with van der Waals surface area (Å²) in [4.78, 5) is 21.2. The molecule has 4 fully saturated rings. The fraction of sp³-hybridized carbons (Fsp3) is 0.526. The molecule has 4 aliphatic carbocycles. The van der Waals surface area contributed by atoms with Crippen LogP contribution in [-0.2, 0) is 6.54 Å². The Hall–Kier alpha value is -1.99. The lowest BCUT2D eigenvalue weighted by atomic mass is 9.76. The third kappa shape index (κ3) is 2.79. The number of rotatable bonds is 5. The molecule has 2 aromatic rings. The minimum atomic E-state index is -0.455. The van der Waals surface area contributed by atoms with E-state index in [0.29, 0.717) is 30.0 Å². The highest BCUT2D eigenvalue weighted by atomic mass is 32.1. The summed E-state index contributed by atoms with van der Waals surface area (Å²) in [6.45, 7) is 0.634. The van der Waals surface area contributed by atoms with Gasteiger partial charge in [0.15, 0.2) is 5.13 Å². The number of nitrogens with one attached hydrogen (secondary N) is 2. The van der Waals surface area contributed by atoms with Crippen molar-refractivity contribution in [3.8, 4) is 0 Å². The molecule has 26 heavy (non-hydrogen) atoms. The predicted molar refractivity (Wildman–Crippen MR) is 98.8 cm³/mol. The molecule has 3 N–H and O–H groups in total. The zero-order valence-corrected chi connectivity index (χ0v) is 15.2. The van der Waals surface area contributed by atoms with Gasteiger partial charge in [0.25, 0.3) is 5.91 Å². The van der Waals surface area contributed by atoms with Crippen molar-refractivity contribution in [2.24, 2.45) is 17.8 Å². The molecule has 5 unspecified atom stereocenters. The molecule has 6 rings (SSSR count). The van der Waals surface area contributed by atoms with Crippen LogP contribution in [0.2, 0.25) is 0 Å². The van der Waals surface area contributed by atoms with E-state index in [1.807, 2.05) is 18.3 Å². The Bertz CT molecular complexity index is 822. The van der Waals surface area contributed by atoms with Crippen molar-refractivity contribution in [2.75, 3.05) is 5.32 Å². The van der Waals surface area contributed by atoms with Gasteiger partial charge in [-0.1, -0.05) is 6.07 Å². The van der Waals surface area contributed by atoms with Crippen LogP contribution in [-0.4, -0.2) is 32.6 Å². The first-order valence-corrected chi connectivity index (χ1v) is 10.1. The highest BCUT2D eigenvalue weighted by molar-refractivity contribution is 7.13. The van der Waals surface area contributed by atoms with E-state index in [1.165, 1.54) is 11.3 Å². The van der Waals surface area contributed by atoms with Crippen molar-refractivity contribution in [1.82, 2.24) is 15.3 Å². The maximum absolute atomic E-state index is 12.7. The molecule has 0 radical (unpaired) electrons. The first kappa shape index (κ1) is 16.2. The molecule has 136 valence electrons. The summed E-state index contributed by atoms with van der Waals surface area (Å²) in [5, 5.41) is 19.5. The molecule has 5 atom stereocenters. The molecular formula is C19H22N4O2S. The number of pyridine rings is 1. The maximum atomic E-state index is 12.7. The van der Waals surface area contributed by atoms with Gasteiger partial charge >= 0.3 is 0 Å². The number of thiazole rings is 1. The highest BCUT2D eigenvalue weighted by Crippen LogP contribution is 2.59. The molecular weight excluding hydrogens is 348 g/mol. The van der Waals surface area contributed by atoms with Crippen LogP contribution in [0.4, 0.5) is 5.13 Å². The molecule has 4 aliphatic rings. The monoisotopic (exact) mass is 370 g/mol. The second-order valence-corrected chi connectivity index (χ2v) is 8.87. The number of anilines is 1. The van der Waals surface area contributed by atoms with Gasteiger partial charge in [0, 0.05) is 30.4 Å². The second-order valence-electron chi connectivity index (χ2n) is 8.01. The number of aromatic nitrogens is 2. The van der Waals surface area contributed by atoms with Gasteiger partial charge in [0.2, 0.25) is 0 Å². The second kappa shape index (κ2) is 6.03. The topological polar surface area (TPSA) is 87.1 Å². The molecule has 0 aromatic carbocycles. The quantitative estimate of drug-likeness (QED) is 0.752. The number of hydrogen-bond donors (Lipinski definition) is 3. The van der Waals surface area contributed by atoms with Gasteiger partial charge in [-0.3, -0.25) is 9.78 Å². The standard InChI is InChI=1S/C19H22N4O2S/c24-17(23-16-13-4-12-5-19(25,6-13)7-14(12)16)15-10-26-18(22-15)21-9-11-2-1-3-20-8-11/h1-3,8,10,12-14,16,25H,4-7,9H2,(H,21,22)(H,23,24). The Kier molecular flexibility index (Phi) is 3.76. The zero-order valence-electron chi connectivity index (χ0n) is 14.4. The van der Waals surface area contributed by atoms with Crippen LogP contribution in [0.5, 0.6) is 0 Å². The van der Waals surface area contributed by atoms with Gasteiger partial charge < -0.3 is 15.7 Å². The smallest absolute Gasteiger partial charge is 0.271 e. The van der Waals surface area contributed by atoms with Crippen molar-refractivity contribution in [1.29, 1.82) is 0 Å². The predicted octanol–water partition coefficient (Wildman–Crippen LogP) is 2.43. The van der Waals surface area contributed by atoms with Gasteiger partial charge in [-0.15, -0.1) is 11.3 Å². The minimum absolute atomic E-state index is 0.0938. The lowest BCUT2D eigenvalue weighted by Gasteiger charge is -2.38. The summed E-state index contributed by atoms with van der Waals surface area (Å²) < 4.78 is 0. The molecule has 0 aliphatic heterocycles. The van der Waals surface area contributed by atoms with Crippen molar-refractivity contribution < 1.29 is 9.90 Å². The lowest BCUT2D eigenvalue weighted by Crippen LogP contribution is -2.48. The SMILES string of the molecule is O=C(NC1C2CC3CC(O)(C2)CC31)c1csc(NCc2cccnc2)n1. The molecule has 2 aromatic heterocycles. The van der Waals surface area contributed by atoms with E-state index in [4.69, 9.17) is 0 Å². The molecule has 6 nitrogen and oxygen atoms in total. The van der Waals surface area contributed by atoms with Crippen molar-refractivity contribution in [3.05, 3.63) is 41.2 Å². The van der Waals surface area contributed by atoms with Crippen molar-refractivity contribution in [3.63, 3.8) is 0 Å². The number of amides is 1. The van der Waals surface area contributed by atoms with E-state index in [1.54, 1.807) is 11.6 Å². The largest absolute Gasteiger partial charge is 0.390 e. The van der Waals surface area contributed by atoms with Crippen LogP contribution in [0.1, 0.15) is 41.7 Å². The third-order valence-corrected chi connectivity index (χ3v) is 7.08. The summed E-state index contributed by atoms with van der Waals surface area (Å²) >= 11 is 1.44. The lowest BCUT2D eigenvalue weighted by molar-refractivity contribution is -0.0192. The first-order chi connectivity index (χ1) is 12.6. The zero-order chi connectivity index (χ0) is 17.7. The Morgan fingerprint density at radius 2 is 2.23 bits per heavy atom. The van der Waals surface area contributed by atoms with Crippen LogP contribution in [0.25, 0.3) is 0 Å². The Labute approximate surface area is 156 Å². The van der Waals surface area contributed by atoms with Gasteiger partial charge in [-0.05, 0) is 55.1 Å². The first-order valence-electron chi connectivity index (χ1n) is 9.21. The molecule has 2 heterocycles. The molecule has 0 spiro atoms. The minimum Gasteiger partial charge on any atom is -0.390 e. The number of carbonyl (C=O) groups excluding carboxylic acids is 1. The molecule has 7 heteroatoms. The summed E-state index contributed by atoms with van der Waals surface area (Å²) in [5.41, 5.74) is 1.09. The van der Waals surface area contributed by atoms with Gasteiger partial charge in [0.1, 0.15) is 5.69 Å². The van der Waals surface area contributed by atoms with E-state index in [-0.39, 0.29) is 11.9 Å². The fourth-order valence-corrected chi connectivity index (χ4v) is 6.04. The van der Waals surface area contributed by atoms with Crippen LogP contribution >= 0.6 is 11.3 Å². The average Bonchev–Trinajstić information content (AvgIpc) is 3.26. The Morgan fingerprint density at radius 3 is 3.04 bits per heavy atom. The average molecular weight is 370 g/mol. The third-order valence-electron chi connectivity index (χ3n) is 6.28.